The molecular formula is C19H28N2O3. The van der Waals surface area contributed by atoms with Crippen LogP contribution < -0.4 is 0 Å². The predicted molar refractivity (Wildman–Crippen MR) is 96.0 cm³/mol. The molecule has 24 heavy (non-hydrogen) atoms. The van der Waals surface area contributed by atoms with Gasteiger partial charge in [-0.15, -0.1) is 0 Å². The smallest absolute Gasteiger partial charge is 0.354 e. The predicted octanol–water partition coefficient (Wildman–Crippen LogP) is 3.45. The minimum absolute atomic E-state index is 0.125. The third-order valence-electron chi connectivity index (χ3n) is 4.39. The van der Waals surface area contributed by atoms with Crippen LogP contribution in [0, 0.1) is 6.92 Å². The van der Waals surface area contributed by atoms with Crippen molar-refractivity contribution in [1.82, 2.24) is 5.01 Å². The van der Waals surface area contributed by atoms with Gasteiger partial charge in [0.25, 0.3) is 5.91 Å². The summed E-state index contributed by atoms with van der Waals surface area (Å²) in [6, 6.07) is 8.01. The van der Waals surface area contributed by atoms with Gasteiger partial charge in [-0.3, -0.25) is 4.79 Å². The van der Waals surface area contributed by atoms with Crippen LogP contribution in [0.3, 0.4) is 0 Å². The number of aryl methyl sites for hydroxylation is 1. The van der Waals surface area contributed by atoms with Crippen molar-refractivity contribution in [2.45, 2.75) is 52.9 Å². The van der Waals surface area contributed by atoms with Crippen LogP contribution in [0.1, 0.15) is 51.7 Å². The summed E-state index contributed by atoms with van der Waals surface area (Å²) in [5.41, 5.74) is 1.63. The molecule has 0 aromatic heterocycles. The number of carbonyl (C=O) groups excluding carboxylic acids is 2. The monoisotopic (exact) mass is 332 g/mol. The van der Waals surface area contributed by atoms with E-state index in [4.69, 9.17) is 4.74 Å². The third-order valence-corrected chi connectivity index (χ3v) is 4.39. The Kier molecular flexibility index (Phi) is 7.14. The van der Waals surface area contributed by atoms with Crippen molar-refractivity contribution in [2.24, 2.45) is 5.10 Å². The first-order valence-electron chi connectivity index (χ1n) is 8.40. The van der Waals surface area contributed by atoms with Gasteiger partial charge < -0.3 is 4.74 Å². The van der Waals surface area contributed by atoms with E-state index in [0.717, 1.165) is 11.1 Å². The first-order valence-corrected chi connectivity index (χ1v) is 8.40. The molecule has 0 spiro atoms. The SMILES string of the molecule is CCOC(=O)C(C)=NN(C)C(=O)C(CC)(CC)c1ccc(C)cc1. The fraction of sp³-hybridized carbons (Fsp3) is 0.526. The Labute approximate surface area is 144 Å². The number of benzene rings is 1. The number of hydrogen-bond acceptors (Lipinski definition) is 4. The van der Waals surface area contributed by atoms with Crippen molar-refractivity contribution in [3.05, 3.63) is 35.4 Å². The quantitative estimate of drug-likeness (QED) is 0.436. The number of ether oxygens (including phenoxy) is 1. The van der Waals surface area contributed by atoms with Crippen LogP contribution in [0.25, 0.3) is 0 Å². The van der Waals surface area contributed by atoms with E-state index in [1.807, 2.05) is 45.0 Å². The van der Waals surface area contributed by atoms with Gasteiger partial charge >= 0.3 is 5.97 Å². The summed E-state index contributed by atoms with van der Waals surface area (Å²) in [5, 5.41) is 5.39. The number of likely N-dealkylation sites (N-methyl/N-ethyl adjacent to an activating group) is 1. The zero-order chi connectivity index (χ0) is 18.3. The molecule has 5 heteroatoms. The Hall–Kier alpha value is -2.17. The van der Waals surface area contributed by atoms with E-state index in [1.54, 1.807) is 20.9 Å². The molecule has 0 radical (unpaired) electrons. The highest BCUT2D eigenvalue weighted by Gasteiger charge is 2.39. The molecule has 0 aliphatic heterocycles. The van der Waals surface area contributed by atoms with E-state index in [0.29, 0.717) is 12.8 Å². The lowest BCUT2D eigenvalue weighted by molar-refractivity contribution is -0.137. The molecular weight excluding hydrogens is 304 g/mol. The molecule has 0 bridgehead atoms. The summed E-state index contributed by atoms with van der Waals surface area (Å²) in [4.78, 5) is 24.8. The molecule has 1 aromatic carbocycles. The number of rotatable bonds is 7. The van der Waals surface area contributed by atoms with Crippen molar-refractivity contribution in [1.29, 1.82) is 0 Å². The number of nitrogens with zero attached hydrogens (tertiary/aromatic N) is 2. The lowest BCUT2D eigenvalue weighted by atomic mass is 9.74. The molecule has 132 valence electrons. The lowest BCUT2D eigenvalue weighted by Crippen LogP contribution is -2.43. The van der Waals surface area contributed by atoms with Crippen molar-refractivity contribution < 1.29 is 14.3 Å². The highest BCUT2D eigenvalue weighted by molar-refractivity contribution is 6.35. The van der Waals surface area contributed by atoms with Gasteiger partial charge in [0.05, 0.1) is 12.0 Å². The number of esters is 1. The number of hydrogen-bond donors (Lipinski definition) is 0. The molecule has 0 aliphatic carbocycles. The lowest BCUT2D eigenvalue weighted by Gasteiger charge is -2.33. The second-order valence-corrected chi connectivity index (χ2v) is 5.89. The fourth-order valence-corrected chi connectivity index (χ4v) is 2.81. The highest BCUT2D eigenvalue weighted by Crippen LogP contribution is 2.34. The Morgan fingerprint density at radius 3 is 2.12 bits per heavy atom. The van der Waals surface area contributed by atoms with Gasteiger partial charge in [0.15, 0.2) is 0 Å². The molecule has 1 amide bonds. The maximum Gasteiger partial charge on any atom is 0.354 e. The second-order valence-electron chi connectivity index (χ2n) is 5.89. The Morgan fingerprint density at radius 1 is 1.12 bits per heavy atom. The minimum Gasteiger partial charge on any atom is -0.461 e. The van der Waals surface area contributed by atoms with Crippen LogP contribution in [0.4, 0.5) is 0 Å². The highest BCUT2D eigenvalue weighted by atomic mass is 16.5. The van der Waals surface area contributed by atoms with Gasteiger partial charge in [-0.25, -0.2) is 9.80 Å². The Bertz CT molecular complexity index is 602. The normalized spacial score (nSPS) is 12.0. The number of carbonyl (C=O) groups is 2. The maximum absolute atomic E-state index is 13.1. The first kappa shape index (κ1) is 19.9. The van der Waals surface area contributed by atoms with Crippen molar-refractivity contribution in [3.63, 3.8) is 0 Å². The molecule has 0 atom stereocenters. The zero-order valence-electron chi connectivity index (χ0n) is 15.5. The van der Waals surface area contributed by atoms with E-state index in [-0.39, 0.29) is 18.2 Å². The average molecular weight is 332 g/mol. The molecule has 1 rings (SSSR count). The van der Waals surface area contributed by atoms with E-state index in [2.05, 4.69) is 5.10 Å². The summed E-state index contributed by atoms with van der Waals surface area (Å²) in [6.45, 7) is 9.57. The molecule has 0 heterocycles. The van der Waals surface area contributed by atoms with Gasteiger partial charge in [-0.2, -0.15) is 5.10 Å². The summed E-state index contributed by atoms with van der Waals surface area (Å²) in [5.74, 6) is -0.633. The fourth-order valence-electron chi connectivity index (χ4n) is 2.81. The van der Waals surface area contributed by atoms with E-state index < -0.39 is 11.4 Å². The van der Waals surface area contributed by atoms with Crippen LogP contribution in [-0.2, 0) is 19.7 Å². The molecule has 1 aromatic rings. The van der Waals surface area contributed by atoms with Crippen LogP contribution in [-0.4, -0.2) is 36.3 Å². The minimum atomic E-state index is -0.652. The van der Waals surface area contributed by atoms with Crippen LogP contribution in [0.5, 0.6) is 0 Å². The molecule has 0 N–H and O–H groups in total. The zero-order valence-corrected chi connectivity index (χ0v) is 15.5. The second kappa shape index (κ2) is 8.62. The van der Waals surface area contributed by atoms with E-state index >= 15 is 0 Å². The van der Waals surface area contributed by atoms with Gasteiger partial charge in [-0.05, 0) is 39.2 Å². The maximum atomic E-state index is 13.1. The molecule has 0 saturated heterocycles. The molecule has 0 unspecified atom stereocenters. The average Bonchev–Trinajstić information content (AvgIpc) is 2.57. The molecule has 0 saturated carbocycles. The standard InChI is InChI=1S/C19H28N2O3/c1-7-19(8-2,16-12-10-14(4)11-13-16)18(23)21(6)20-15(5)17(22)24-9-3/h10-13H,7-9H2,1-6H3. The summed E-state index contributed by atoms with van der Waals surface area (Å²) in [6.07, 6.45) is 1.31. The summed E-state index contributed by atoms with van der Waals surface area (Å²) < 4.78 is 4.91. The van der Waals surface area contributed by atoms with E-state index in [9.17, 15) is 9.59 Å². The van der Waals surface area contributed by atoms with Crippen molar-refractivity contribution in [2.75, 3.05) is 13.7 Å². The Balaban J connectivity index is 3.16. The number of amides is 1. The molecule has 0 aliphatic rings. The number of hydrazone groups is 1. The first-order chi connectivity index (χ1) is 11.3. The third kappa shape index (κ3) is 4.22. The molecule has 5 nitrogen and oxygen atoms in total. The van der Waals surface area contributed by atoms with Crippen LogP contribution in [0.2, 0.25) is 0 Å². The summed E-state index contributed by atoms with van der Waals surface area (Å²) >= 11 is 0. The van der Waals surface area contributed by atoms with Gasteiger partial charge in [0, 0.05) is 7.05 Å². The molecule has 0 fully saturated rings. The van der Waals surface area contributed by atoms with Gasteiger partial charge in [-0.1, -0.05) is 43.7 Å². The van der Waals surface area contributed by atoms with E-state index in [1.165, 1.54) is 5.01 Å². The van der Waals surface area contributed by atoms with Gasteiger partial charge in [0.2, 0.25) is 0 Å². The topological polar surface area (TPSA) is 59.0 Å². The Morgan fingerprint density at radius 2 is 1.67 bits per heavy atom. The van der Waals surface area contributed by atoms with Crippen molar-refractivity contribution in [3.8, 4) is 0 Å². The van der Waals surface area contributed by atoms with Crippen molar-refractivity contribution >= 4 is 17.6 Å². The largest absolute Gasteiger partial charge is 0.461 e. The van der Waals surface area contributed by atoms with Crippen LogP contribution >= 0.6 is 0 Å². The van der Waals surface area contributed by atoms with Gasteiger partial charge in [0.1, 0.15) is 5.71 Å². The van der Waals surface area contributed by atoms with Crippen LogP contribution in [0.15, 0.2) is 29.4 Å². The summed E-state index contributed by atoms with van der Waals surface area (Å²) in [7, 11) is 1.58.